The molecule has 2 amide bonds. The lowest BCUT2D eigenvalue weighted by Crippen LogP contribution is -2.49. The summed E-state index contributed by atoms with van der Waals surface area (Å²) in [6.45, 7) is 16.3. The molecule has 1 unspecified atom stereocenters. The maximum Gasteiger partial charge on any atom is 0.257 e. The van der Waals surface area contributed by atoms with Gasteiger partial charge in [-0.15, -0.1) is 11.3 Å². The molecule has 21 heteroatoms. The second-order valence-corrected chi connectivity index (χ2v) is 20.3. The molecule has 3 fully saturated rings. The van der Waals surface area contributed by atoms with Gasteiger partial charge < -0.3 is 54.5 Å². The molecule has 5 heterocycles. The molecule has 2 aliphatic carbocycles. The summed E-state index contributed by atoms with van der Waals surface area (Å²) in [7, 11) is 0. The molecule has 0 bridgehead atoms. The number of rotatable bonds is 29. The van der Waals surface area contributed by atoms with Crippen LogP contribution in [0.25, 0.3) is 5.57 Å². The number of pyridine rings is 1. The van der Waals surface area contributed by atoms with Crippen molar-refractivity contribution < 1.29 is 43.2 Å². The van der Waals surface area contributed by atoms with Gasteiger partial charge in [0.1, 0.15) is 11.6 Å². The lowest BCUT2D eigenvalue weighted by molar-refractivity contribution is -0.122. The van der Waals surface area contributed by atoms with Crippen molar-refractivity contribution in [2.24, 2.45) is 0 Å². The van der Waals surface area contributed by atoms with Crippen LogP contribution in [0.4, 0.5) is 34.1 Å². The van der Waals surface area contributed by atoms with Crippen molar-refractivity contribution in [3.05, 3.63) is 75.6 Å². The fraction of sp³-hybridized carbons (Fsp3) is 0.566. The number of thiazole rings is 1. The molecule has 4 aliphatic rings. The van der Waals surface area contributed by atoms with E-state index >= 15 is 0 Å². The van der Waals surface area contributed by atoms with Gasteiger partial charge in [-0.05, 0) is 94.8 Å². The number of amides is 2. The molecule has 5 N–H and O–H groups in total. The highest BCUT2D eigenvalue weighted by Crippen LogP contribution is 2.44. The van der Waals surface area contributed by atoms with E-state index in [1.165, 1.54) is 36.0 Å². The second kappa shape index (κ2) is 27.2. The first-order chi connectivity index (χ1) is 36.0. The number of piperazine rings is 1. The lowest BCUT2D eigenvalue weighted by atomic mass is 9.93. The molecular formula is C53H73N11O9S. The van der Waals surface area contributed by atoms with Crippen molar-refractivity contribution in [1.82, 2.24) is 30.2 Å². The summed E-state index contributed by atoms with van der Waals surface area (Å²) >= 11 is 1.54. The van der Waals surface area contributed by atoms with Gasteiger partial charge in [0.25, 0.3) is 5.91 Å². The van der Waals surface area contributed by atoms with E-state index in [1.54, 1.807) is 6.20 Å². The third-order valence-corrected chi connectivity index (χ3v) is 14.6. The average Bonchev–Trinajstić information content (AvgIpc) is 3.96. The molecule has 0 radical (unpaired) electrons. The number of Topliss-reactive ketones (excluding diaryl/α,β-unsaturated/α-hetero) is 1. The normalized spacial score (nSPS) is 17.2. The van der Waals surface area contributed by atoms with Crippen molar-refractivity contribution >= 4 is 68.6 Å². The number of aliphatic hydroxyl groups is 1. The first kappa shape index (κ1) is 54.6. The van der Waals surface area contributed by atoms with Gasteiger partial charge in [0, 0.05) is 84.7 Å². The van der Waals surface area contributed by atoms with Gasteiger partial charge in [-0.3, -0.25) is 24.6 Å². The van der Waals surface area contributed by atoms with E-state index in [-0.39, 0.29) is 23.6 Å². The third-order valence-electron chi connectivity index (χ3n) is 13.7. The van der Waals surface area contributed by atoms with E-state index < -0.39 is 6.23 Å². The Hall–Kier alpha value is -5.65. The van der Waals surface area contributed by atoms with Gasteiger partial charge in [0.2, 0.25) is 11.9 Å². The molecule has 74 heavy (non-hydrogen) atoms. The monoisotopic (exact) mass is 1040 g/mol. The third kappa shape index (κ3) is 15.2. The fourth-order valence-electron chi connectivity index (χ4n) is 9.58. The van der Waals surface area contributed by atoms with Gasteiger partial charge in [0.15, 0.2) is 17.1 Å². The Balaban J connectivity index is 0.593. The highest BCUT2D eigenvalue weighted by atomic mass is 32.1. The molecule has 2 saturated carbocycles. The standard InChI is InChI=1S/C53H73N11O9S/c1-35-31-40(11-13-43(35)50(67)61-53-59-48(38(4)74-53)39-9-10-39)54-15-21-69-23-25-71-27-29-73-30-28-72-26-24-70-22-16-55-46(66)34-62-17-19-63(20-18-62)42-12-14-45(56-32-42)58-52-57-33-44-36(2)47(37(3)65)51(68)64(49(44)60-52)41-7-5-6-8-41/h11-14,31-33,39,41,51,54,68H,5-10,15-30,34H2,1-4H3,(H,55,66)(H,59,61,67)(H,56,57,58,60). The maximum atomic E-state index is 12.9. The van der Waals surface area contributed by atoms with Gasteiger partial charge in [-0.2, -0.15) is 4.98 Å². The fourth-order valence-corrected chi connectivity index (χ4v) is 10.5. The Morgan fingerprint density at radius 3 is 2.05 bits per heavy atom. The highest BCUT2D eigenvalue weighted by molar-refractivity contribution is 7.15. The number of aliphatic hydroxyl groups excluding tert-OH is 1. The summed E-state index contributed by atoms with van der Waals surface area (Å²) in [6, 6.07) is 9.71. The van der Waals surface area contributed by atoms with Crippen LogP contribution in [-0.4, -0.2) is 172 Å². The van der Waals surface area contributed by atoms with Crippen LogP contribution in [0.15, 0.2) is 48.3 Å². The molecule has 1 saturated heterocycles. The molecular weight excluding hydrogens is 967 g/mol. The smallest absolute Gasteiger partial charge is 0.257 e. The number of fused-ring (bicyclic) bond motifs is 1. The topological polar surface area (TPSA) is 227 Å². The molecule has 400 valence electrons. The number of ketones is 1. The van der Waals surface area contributed by atoms with Crippen molar-refractivity contribution in [2.45, 2.75) is 84.4 Å². The summed E-state index contributed by atoms with van der Waals surface area (Å²) in [5, 5.41) is 24.5. The molecule has 8 rings (SSSR count). The van der Waals surface area contributed by atoms with Crippen molar-refractivity contribution in [3.8, 4) is 0 Å². The van der Waals surface area contributed by atoms with Crippen LogP contribution >= 0.6 is 11.3 Å². The molecule has 3 aromatic heterocycles. The highest BCUT2D eigenvalue weighted by Gasteiger charge is 2.39. The minimum Gasteiger partial charge on any atom is -0.383 e. The number of aromatic nitrogens is 4. The van der Waals surface area contributed by atoms with Crippen LogP contribution in [0.1, 0.15) is 90.3 Å². The number of carbonyl (C=O) groups is 3. The minimum atomic E-state index is -1.04. The van der Waals surface area contributed by atoms with Gasteiger partial charge in [0.05, 0.1) is 90.2 Å². The Morgan fingerprint density at radius 2 is 1.43 bits per heavy atom. The number of nitrogens with one attached hydrogen (secondary N) is 4. The van der Waals surface area contributed by atoms with Gasteiger partial charge >= 0.3 is 0 Å². The number of benzene rings is 1. The predicted molar refractivity (Wildman–Crippen MR) is 286 cm³/mol. The van der Waals surface area contributed by atoms with Crippen LogP contribution in [0.5, 0.6) is 0 Å². The van der Waals surface area contributed by atoms with E-state index in [0.717, 1.165) is 80.1 Å². The van der Waals surface area contributed by atoms with Crippen LogP contribution in [0.3, 0.4) is 0 Å². The number of nitrogens with zero attached hydrogens (tertiary/aromatic N) is 7. The van der Waals surface area contributed by atoms with E-state index in [0.29, 0.717) is 131 Å². The lowest BCUT2D eigenvalue weighted by Gasteiger charge is -2.40. The van der Waals surface area contributed by atoms with E-state index in [1.807, 2.05) is 55.3 Å². The minimum absolute atomic E-state index is 0.0323. The van der Waals surface area contributed by atoms with Crippen LogP contribution in [0.2, 0.25) is 0 Å². The summed E-state index contributed by atoms with van der Waals surface area (Å²) < 4.78 is 28.1. The van der Waals surface area contributed by atoms with Crippen molar-refractivity contribution in [2.75, 3.05) is 138 Å². The van der Waals surface area contributed by atoms with Gasteiger partial charge in [-0.1, -0.05) is 12.8 Å². The first-order valence-electron chi connectivity index (χ1n) is 26.1. The number of anilines is 6. The molecule has 4 aromatic rings. The number of carbonyl (C=O) groups excluding carboxylic acids is 3. The van der Waals surface area contributed by atoms with E-state index in [9.17, 15) is 19.5 Å². The van der Waals surface area contributed by atoms with E-state index in [2.05, 4.69) is 52.9 Å². The number of hydrogen-bond donors (Lipinski definition) is 5. The average molecular weight is 1040 g/mol. The predicted octanol–water partition coefficient (Wildman–Crippen LogP) is 5.70. The molecule has 0 spiro atoms. The van der Waals surface area contributed by atoms with Crippen LogP contribution in [-0.2, 0) is 33.3 Å². The molecule has 1 atom stereocenters. The largest absolute Gasteiger partial charge is 0.383 e. The quantitative estimate of drug-likeness (QED) is 0.0412. The first-order valence-corrected chi connectivity index (χ1v) is 26.9. The zero-order valence-corrected chi connectivity index (χ0v) is 44.1. The summed E-state index contributed by atoms with van der Waals surface area (Å²) in [5.74, 6) is 1.82. The number of ether oxygens (including phenoxy) is 5. The zero-order chi connectivity index (χ0) is 51.8. The SMILES string of the molecule is CC(=O)C1=C(C)c2cnc(Nc3ccc(N4CCN(CC(=O)NCCOCCOCCOCCOCCOCCNc5ccc(C(=O)Nc6nc(C7CC7)c(C)s6)c(C)c5)CC4)cn3)nc2N(C2CCCC2)C1O. The Labute approximate surface area is 438 Å². The van der Waals surface area contributed by atoms with Gasteiger partial charge in [-0.25, -0.2) is 15.0 Å². The second-order valence-electron chi connectivity index (χ2n) is 19.1. The number of hydrogen-bond acceptors (Lipinski definition) is 19. The summed E-state index contributed by atoms with van der Waals surface area (Å²) in [6.07, 6.45) is 8.89. The zero-order valence-electron chi connectivity index (χ0n) is 43.3. The summed E-state index contributed by atoms with van der Waals surface area (Å²) in [5.41, 5.74) is 6.43. The van der Waals surface area contributed by atoms with Crippen LogP contribution < -0.4 is 31.1 Å². The number of allylic oxidation sites excluding steroid dienone is 1. The van der Waals surface area contributed by atoms with Crippen LogP contribution in [0, 0.1) is 13.8 Å². The molecule has 1 aromatic carbocycles. The Bertz CT molecular complexity index is 2530. The number of aryl methyl sites for hydroxylation is 2. The molecule has 20 nitrogen and oxygen atoms in total. The van der Waals surface area contributed by atoms with Crippen molar-refractivity contribution in [1.29, 1.82) is 0 Å². The maximum absolute atomic E-state index is 12.9. The Kier molecular flexibility index (Phi) is 20.1. The molecule has 2 aliphatic heterocycles. The van der Waals surface area contributed by atoms with E-state index in [4.69, 9.17) is 28.7 Å². The Morgan fingerprint density at radius 1 is 0.770 bits per heavy atom. The van der Waals surface area contributed by atoms with Crippen molar-refractivity contribution in [3.63, 3.8) is 0 Å². The summed E-state index contributed by atoms with van der Waals surface area (Å²) in [4.78, 5) is 64.2.